The van der Waals surface area contributed by atoms with Crippen molar-refractivity contribution in [3.8, 4) is 5.75 Å². The summed E-state index contributed by atoms with van der Waals surface area (Å²) in [5.41, 5.74) is 4.42. The van der Waals surface area contributed by atoms with Gasteiger partial charge in [0, 0.05) is 0 Å². The normalized spacial score (nSPS) is 10.2. The number of ether oxygens (including phenoxy) is 1. The minimum absolute atomic E-state index is 0.457. The first-order chi connectivity index (χ1) is 7.47. The van der Waals surface area contributed by atoms with Gasteiger partial charge in [-0.1, -0.05) is 13.3 Å². The van der Waals surface area contributed by atoms with Gasteiger partial charge in [0.2, 0.25) is 0 Å². The molecule has 0 heterocycles. The second kappa shape index (κ2) is 5.01. The Hall–Kier alpha value is -1.51. The van der Waals surface area contributed by atoms with Gasteiger partial charge in [-0.3, -0.25) is 0 Å². The van der Waals surface area contributed by atoms with E-state index in [0.29, 0.717) is 5.75 Å². The lowest BCUT2D eigenvalue weighted by molar-refractivity contribution is 0.144. The third kappa shape index (κ3) is 2.54. The maximum absolute atomic E-state index is 10.6. The molecule has 0 aromatic heterocycles. The summed E-state index contributed by atoms with van der Waals surface area (Å²) in [4.78, 5) is 10.6. The maximum atomic E-state index is 10.6. The van der Waals surface area contributed by atoms with Gasteiger partial charge in [0.15, 0.2) is 0 Å². The number of aryl methyl sites for hydroxylation is 1. The van der Waals surface area contributed by atoms with Gasteiger partial charge in [-0.2, -0.15) is 0 Å². The Balaban J connectivity index is 3.23. The summed E-state index contributed by atoms with van der Waals surface area (Å²) in [6.45, 7) is 8.05. The Morgan fingerprint density at radius 3 is 2.38 bits per heavy atom. The Bertz CT molecular complexity index is 408. The van der Waals surface area contributed by atoms with Crippen LogP contribution in [0.5, 0.6) is 5.75 Å². The first-order valence-electron chi connectivity index (χ1n) is 5.47. The predicted molar refractivity (Wildman–Crippen MR) is 63.3 cm³/mol. The van der Waals surface area contributed by atoms with Gasteiger partial charge in [0.05, 0.1) is 0 Å². The summed E-state index contributed by atoms with van der Waals surface area (Å²) in [6, 6.07) is 1.84. The van der Waals surface area contributed by atoms with Crippen LogP contribution in [0, 0.1) is 20.8 Å². The first kappa shape index (κ1) is 12.6. The fourth-order valence-electron chi connectivity index (χ4n) is 1.81. The van der Waals surface area contributed by atoms with Crippen LogP contribution in [0.15, 0.2) is 6.07 Å². The summed E-state index contributed by atoms with van der Waals surface area (Å²) in [7, 11) is 0. The summed E-state index contributed by atoms with van der Waals surface area (Å²) in [6.07, 6.45) is 0.729. The van der Waals surface area contributed by atoms with Crippen molar-refractivity contribution in [3.05, 3.63) is 28.3 Å². The van der Waals surface area contributed by atoms with Crippen molar-refractivity contribution in [2.75, 3.05) is 0 Å². The average Bonchev–Trinajstić information content (AvgIpc) is 2.21. The zero-order valence-electron chi connectivity index (χ0n) is 10.3. The van der Waals surface area contributed by atoms with Crippen LogP contribution in [0.4, 0.5) is 4.79 Å². The molecule has 0 saturated heterocycles. The standard InChI is InChI=1S/C13H18O3/c1-5-6-11-7-12(16-13(14)15)10(4)8(2)9(11)3/h7H,5-6H2,1-4H3,(H,14,15). The van der Waals surface area contributed by atoms with Gasteiger partial charge in [0.1, 0.15) is 5.75 Å². The smallest absolute Gasteiger partial charge is 0.449 e. The third-order valence-electron chi connectivity index (χ3n) is 3.00. The maximum Gasteiger partial charge on any atom is 0.511 e. The Morgan fingerprint density at radius 2 is 1.88 bits per heavy atom. The van der Waals surface area contributed by atoms with E-state index in [2.05, 4.69) is 13.8 Å². The van der Waals surface area contributed by atoms with E-state index in [9.17, 15) is 4.79 Å². The molecule has 0 unspecified atom stereocenters. The van der Waals surface area contributed by atoms with Crippen LogP contribution >= 0.6 is 0 Å². The highest BCUT2D eigenvalue weighted by Crippen LogP contribution is 2.28. The molecule has 1 aromatic rings. The van der Waals surface area contributed by atoms with Crippen molar-refractivity contribution < 1.29 is 14.6 Å². The summed E-state index contributed by atoms with van der Waals surface area (Å²) in [5, 5.41) is 8.65. The molecule has 0 aliphatic rings. The zero-order valence-corrected chi connectivity index (χ0v) is 10.3. The lowest BCUT2D eigenvalue weighted by Crippen LogP contribution is -2.07. The lowest BCUT2D eigenvalue weighted by Gasteiger charge is -2.14. The highest BCUT2D eigenvalue weighted by atomic mass is 16.7. The Labute approximate surface area is 96.1 Å². The van der Waals surface area contributed by atoms with E-state index in [1.165, 1.54) is 11.1 Å². The van der Waals surface area contributed by atoms with Crippen LogP contribution in [0.25, 0.3) is 0 Å². The van der Waals surface area contributed by atoms with Gasteiger partial charge < -0.3 is 9.84 Å². The van der Waals surface area contributed by atoms with E-state index in [-0.39, 0.29) is 0 Å². The number of hydrogen-bond donors (Lipinski definition) is 1. The Morgan fingerprint density at radius 1 is 1.25 bits per heavy atom. The van der Waals surface area contributed by atoms with Crippen LogP contribution in [0.3, 0.4) is 0 Å². The van der Waals surface area contributed by atoms with Crippen molar-refractivity contribution in [2.24, 2.45) is 0 Å². The quantitative estimate of drug-likeness (QED) is 0.627. The third-order valence-corrected chi connectivity index (χ3v) is 3.00. The molecule has 0 radical (unpaired) electrons. The SMILES string of the molecule is CCCc1cc(OC(=O)O)c(C)c(C)c1C. The van der Waals surface area contributed by atoms with Crippen molar-refractivity contribution in [1.29, 1.82) is 0 Å². The molecule has 1 N–H and O–H groups in total. The first-order valence-corrected chi connectivity index (χ1v) is 5.47. The molecule has 0 aliphatic carbocycles. The molecule has 0 bridgehead atoms. The van der Waals surface area contributed by atoms with Gasteiger partial charge in [-0.05, 0) is 55.5 Å². The van der Waals surface area contributed by atoms with Crippen molar-refractivity contribution in [2.45, 2.75) is 40.5 Å². The highest BCUT2D eigenvalue weighted by molar-refractivity contribution is 5.63. The van der Waals surface area contributed by atoms with Crippen molar-refractivity contribution in [3.63, 3.8) is 0 Å². The molecule has 16 heavy (non-hydrogen) atoms. The molecule has 0 spiro atoms. The van der Waals surface area contributed by atoms with Gasteiger partial charge >= 0.3 is 6.16 Å². The topological polar surface area (TPSA) is 46.5 Å². The van der Waals surface area contributed by atoms with E-state index in [1.54, 1.807) is 0 Å². The molecule has 0 aliphatic heterocycles. The molecule has 0 atom stereocenters. The Kier molecular flexibility index (Phi) is 3.93. The van der Waals surface area contributed by atoms with E-state index < -0.39 is 6.16 Å². The van der Waals surface area contributed by atoms with Gasteiger partial charge in [-0.25, -0.2) is 4.79 Å². The number of benzene rings is 1. The average molecular weight is 222 g/mol. The zero-order chi connectivity index (χ0) is 12.3. The van der Waals surface area contributed by atoms with Crippen LogP contribution in [0.2, 0.25) is 0 Å². The monoisotopic (exact) mass is 222 g/mol. The molecular formula is C13H18O3. The summed E-state index contributed by atoms with van der Waals surface area (Å²) in [5.74, 6) is 0.457. The predicted octanol–water partition coefficient (Wildman–Crippen LogP) is 3.62. The molecule has 0 fully saturated rings. The molecule has 3 nitrogen and oxygen atoms in total. The van der Waals surface area contributed by atoms with Gasteiger partial charge in [0.25, 0.3) is 0 Å². The summed E-state index contributed by atoms with van der Waals surface area (Å²) < 4.78 is 4.78. The fourth-order valence-corrected chi connectivity index (χ4v) is 1.81. The van der Waals surface area contributed by atoms with Crippen LogP contribution in [0.1, 0.15) is 35.6 Å². The highest BCUT2D eigenvalue weighted by Gasteiger charge is 2.12. The molecule has 1 aromatic carbocycles. The van der Waals surface area contributed by atoms with E-state index in [1.807, 2.05) is 19.9 Å². The number of carbonyl (C=O) groups is 1. The second-order valence-corrected chi connectivity index (χ2v) is 4.03. The molecule has 88 valence electrons. The summed E-state index contributed by atoms with van der Waals surface area (Å²) >= 11 is 0. The minimum Gasteiger partial charge on any atom is -0.449 e. The number of rotatable bonds is 3. The van der Waals surface area contributed by atoms with Crippen LogP contribution < -0.4 is 4.74 Å². The number of carboxylic acid groups (broad SMARTS) is 1. The molecule has 0 amide bonds. The van der Waals surface area contributed by atoms with Gasteiger partial charge in [-0.15, -0.1) is 0 Å². The number of hydrogen-bond acceptors (Lipinski definition) is 2. The minimum atomic E-state index is -1.26. The molecule has 0 saturated carbocycles. The molecule has 3 heteroatoms. The van der Waals surface area contributed by atoms with E-state index in [0.717, 1.165) is 24.0 Å². The fraction of sp³-hybridized carbons (Fsp3) is 0.462. The van der Waals surface area contributed by atoms with Crippen molar-refractivity contribution in [1.82, 2.24) is 0 Å². The van der Waals surface area contributed by atoms with Crippen LogP contribution in [-0.2, 0) is 6.42 Å². The molecule has 1 rings (SSSR count). The largest absolute Gasteiger partial charge is 0.511 e. The van der Waals surface area contributed by atoms with E-state index >= 15 is 0 Å². The lowest BCUT2D eigenvalue weighted by atomic mass is 9.95. The van der Waals surface area contributed by atoms with E-state index in [4.69, 9.17) is 9.84 Å². The van der Waals surface area contributed by atoms with Crippen LogP contribution in [-0.4, -0.2) is 11.3 Å². The van der Waals surface area contributed by atoms with Crippen molar-refractivity contribution >= 4 is 6.16 Å². The molecular weight excluding hydrogens is 204 g/mol. The second-order valence-electron chi connectivity index (χ2n) is 4.03.